The molecular weight excluding hydrogens is 192 g/mol. The Morgan fingerprint density at radius 2 is 2.29 bits per heavy atom. The zero-order valence-electron chi connectivity index (χ0n) is 7.05. The van der Waals surface area contributed by atoms with Gasteiger partial charge in [-0.3, -0.25) is 4.79 Å². The molecule has 0 unspecified atom stereocenters. The second kappa shape index (κ2) is 3.98. The summed E-state index contributed by atoms with van der Waals surface area (Å²) in [5.41, 5.74) is 3.37. The normalized spacial score (nSPS) is 10.2. The predicted octanol–water partition coefficient (Wildman–Crippen LogP) is 0.643. The number of halogens is 2. The number of alkyl halides is 2. The summed E-state index contributed by atoms with van der Waals surface area (Å²) < 4.78 is 24.6. The average molecular weight is 199 g/mol. The number of nitriles is 1. The number of rotatable bonds is 2. The van der Waals surface area contributed by atoms with Gasteiger partial charge in [0.25, 0.3) is 12.0 Å². The van der Waals surface area contributed by atoms with Crippen molar-refractivity contribution in [1.82, 2.24) is 4.98 Å². The van der Waals surface area contributed by atoms with Gasteiger partial charge in [-0.1, -0.05) is 0 Å². The number of hydrogen-bond donors (Lipinski definition) is 2. The van der Waals surface area contributed by atoms with E-state index in [1.54, 1.807) is 0 Å². The summed E-state index contributed by atoms with van der Waals surface area (Å²) in [6, 6.07) is 2.69. The van der Waals surface area contributed by atoms with Gasteiger partial charge in [0, 0.05) is 12.2 Å². The average Bonchev–Trinajstić information content (AvgIpc) is 2.15. The summed E-state index contributed by atoms with van der Waals surface area (Å²) >= 11 is 0. The van der Waals surface area contributed by atoms with Crippen molar-refractivity contribution in [3.05, 3.63) is 33.2 Å². The lowest BCUT2D eigenvalue weighted by atomic mass is 10.1. The molecule has 0 fully saturated rings. The molecule has 0 bridgehead atoms. The van der Waals surface area contributed by atoms with Crippen molar-refractivity contribution in [2.75, 3.05) is 0 Å². The highest BCUT2D eigenvalue weighted by molar-refractivity contribution is 5.38. The molecule has 0 saturated heterocycles. The minimum atomic E-state index is -2.96. The van der Waals surface area contributed by atoms with Gasteiger partial charge in [0.2, 0.25) is 0 Å². The zero-order chi connectivity index (χ0) is 10.7. The maximum absolute atomic E-state index is 12.3. The van der Waals surface area contributed by atoms with Gasteiger partial charge in [0.1, 0.15) is 5.56 Å². The third-order valence-corrected chi connectivity index (χ3v) is 1.69. The molecular formula is C8H7F2N3O. The van der Waals surface area contributed by atoms with E-state index in [0.717, 1.165) is 6.07 Å². The number of nitrogens with two attached hydrogens (primary N) is 1. The molecule has 1 aromatic heterocycles. The lowest BCUT2D eigenvalue weighted by molar-refractivity contribution is 0.149. The zero-order valence-corrected chi connectivity index (χ0v) is 7.05. The van der Waals surface area contributed by atoms with E-state index in [4.69, 9.17) is 11.0 Å². The smallest absolute Gasteiger partial charge is 0.270 e. The Balaban J connectivity index is 3.45. The monoisotopic (exact) mass is 199 g/mol. The second-order valence-electron chi connectivity index (χ2n) is 2.57. The summed E-state index contributed by atoms with van der Waals surface area (Å²) in [7, 11) is 0. The Labute approximate surface area is 78.0 Å². The third-order valence-electron chi connectivity index (χ3n) is 1.69. The van der Waals surface area contributed by atoms with Crippen molar-refractivity contribution in [3.63, 3.8) is 0 Å². The van der Waals surface area contributed by atoms with Gasteiger partial charge < -0.3 is 10.7 Å². The van der Waals surface area contributed by atoms with Gasteiger partial charge in [0.15, 0.2) is 0 Å². The van der Waals surface area contributed by atoms with E-state index >= 15 is 0 Å². The second-order valence-corrected chi connectivity index (χ2v) is 2.57. The highest BCUT2D eigenvalue weighted by atomic mass is 19.3. The van der Waals surface area contributed by atoms with Crippen LogP contribution in [0.25, 0.3) is 0 Å². The largest absolute Gasteiger partial charge is 0.325 e. The maximum atomic E-state index is 12.3. The number of nitrogens with zero attached hydrogens (tertiary/aromatic N) is 1. The minimum absolute atomic E-state index is 0.00651. The first-order chi connectivity index (χ1) is 6.60. The number of nitrogens with one attached hydrogen (secondary N) is 1. The van der Waals surface area contributed by atoms with Crippen LogP contribution in [0.15, 0.2) is 10.9 Å². The van der Waals surface area contributed by atoms with Gasteiger partial charge in [0.05, 0.1) is 11.6 Å². The van der Waals surface area contributed by atoms with Crippen LogP contribution >= 0.6 is 0 Å². The van der Waals surface area contributed by atoms with Crippen LogP contribution in [0.3, 0.4) is 0 Å². The van der Waals surface area contributed by atoms with Gasteiger partial charge >= 0.3 is 0 Å². The lowest BCUT2D eigenvalue weighted by Crippen LogP contribution is -2.18. The van der Waals surface area contributed by atoms with Gasteiger partial charge in [-0.15, -0.1) is 0 Å². The van der Waals surface area contributed by atoms with Crippen LogP contribution in [0.4, 0.5) is 8.78 Å². The molecule has 4 nitrogen and oxygen atoms in total. The molecule has 1 aromatic rings. The van der Waals surface area contributed by atoms with Crippen molar-refractivity contribution in [1.29, 1.82) is 5.26 Å². The van der Waals surface area contributed by atoms with Crippen molar-refractivity contribution in [3.8, 4) is 6.07 Å². The molecule has 0 aliphatic carbocycles. The van der Waals surface area contributed by atoms with Crippen LogP contribution < -0.4 is 11.3 Å². The van der Waals surface area contributed by atoms with Crippen molar-refractivity contribution in [2.24, 2.45) is 5.73 Å². The predicted molar refractivity (Wildman–Crippen MR) is 44.6 cm³/mol. The fourth-order valence-corrected chi connectivity index (χ4v) is 1.04. The third kappa shape index (κ3) is 1.78. The number of aromatic nitrogens is 1. The molecule has 0 aromatic carbocycles. The first-order valence-electron chi connectivity index (χ1n) is 3.74. The Kier molecular flexibility index (Phi) is 2.94. The summed E-state index contributed by atoms with van der Waals surface area (Å²) in [6.07, 6.45) is -2.96. The SMILES string of the molecule is N#Cc1cc(CN)[nH]c(=O)c1C(F)F. The van der Waals surface area contributed by atoms with E-state index in [0.29, 0.717) is 0 Å². The van der Waals surface area contributed by atoms with Crippen LogP contribution in [-0.4, -0.2) is 4.98 Å². The molecule has 3 N–H and O–H groups in total. The fraction of sp³-hybridized carbons (Fsp3) is 0.250. The maximum Gasteiger partial charge on any atom is 0.270 e. The fourth-order valence-electron chi connectivity index (χ4n) is 1.04. The lowest BCUT2D eigenvalue weighted by Gasteiger charge is -2.03. The number of pyridine rings is 1. The molecule has 0 saturated carbocycles. The molecule has 0 radical (unpaired) electrons. The molecule has 0 atom stereocenters. The Hall–Kier alpha value is -1.74. The van der Waals surface area contributed by atoms with E-state index in [9.17, 15) is 13.6 Å². The molecule has 14 heavy (non-hydrogen) atoms. The summed E-state index contributed by atoms with van der Waals surface area (Å²) in [5, 5.41) is 8.53. The van der Waals surface area contributed by atoms with Gasteiger partial charge in [-0.2, -0.15) is 5.26 Å². The van der Waals surface area contributed by atoms with Crippen LogP contribution in [0.5, 0.6) is 0 Å². The topological polar surface area (TPSA) is 82.7 Å². The minimum Gasteiger partial charge on any atom is -0.325 e. The van der Waals surface area contributed by atoms with E-state index in [-0.39, 0.29) is 17.8 Å². The molecule has 0 aliphatic rings. The first-order valence-corrected chi connectivity index (χ1v) is 3.74. The quantitative estimate of drug-likeness (QED) is 0.733. The Morgan fingerprint density at radius 3 is 2.71 bits per heavy atom. The summed E-state index contributed by atoms with van der Waals surface area (Å²) in [6.45, 7) is -0.00651. The van der Waals surface area contributed by atoms with E-state index in [1.807, 2.05) is 0 Å². The number of aromatic amines is 1. The molecule has 0 aliphatic heterocycles. The van der Waals surface area contributed by atoms with Crippen molar-refractivity contribution < 1.29 is 8.78 Å². The number of hydrogen-bond acceptors (Lipinski definition) is 3. The van der Waals surface area contributed by atoms with Crippen molar-refractivity contribution >= 4 is 0 Å². The molecule has 1 heterocycles. The highest BCUT2D eigenvalue weighted by Crippen LogP contribution is 2.18. The molecule has 0 amide bonds. The summed E-state index contributed by atoms with van der Waals surface area (Å²) in [5.74, 6) is 0. The van der Waals surface area contributed by atoms with E-state index in [1.165, 1.54) is 6.07 Å². The molecule has 6 heteroatoms. The van der Waals surface area contributed by atoms with Crippen LogP contribution in [-0.2, 0) is 6.54 Å². The van der Waals surface area contributed by atoms with Gasteiger partial charge in [-0.05, 0) is 6.07 Å². The standard InChI is InChI=1S/C8H7F2N3O/c9-7(10)6-4(2-11)1-5(3-12)13-8(6)14/h1,7H,3,12H2,(H,13,14). The first kappa shape index (κ1) is 10.3. The van der Waals surface area contributed by atoms with Crippen molar-refractivity contribution in [2.45, 2.75) is 13.0 Å². The molecule has 0 spiro atoms. The van der Waals surface area contributed by atoms with E-state index in [2.05, 4.69) is 4.98 Å². The van der Waals surface area contributed by atoms with Crippen LogP contribution in [0, 0.1) is 11.3 Å². The number of H-pyrrole nitrogens is 1. The van der Waals surface area contributed by atoms with Crippen LogP contribution in [0.2, 0.25) is 0 Å². The molecule has 74 valence electrons. The van der Waals surface area contributed by atoms with Crippen LogP contribution in [0.1, 0.15) is 23.2 Å². The van der Waals surface area contributed by atoms with Gasteiger partial charge in [-0.25, -0.2) is 8.78 Å². The Morgan fingerprint density at radius 1 is 1.64 bits per heavy atom. The Bertz CT molecular complexity index is 433. The summed E-state index contributed by atoms with van der Waals surface area (Å²) in [4.78, 5) is 13.2. The molecule has 1 rings (SSSR count). The van der Waals surface area contributed by atoms with E-state index < -0.39 is 17.5 Å². The highest BCUT2D eigenvalue weighted by Gasteiger charge is 2.18.